The minimum absolute atomic E-state index is 0.294. The van der Waals surface area contributed by atoms with Crippen molar-refractivity contribution in [3.63, 3.8) is 0 Å². The van der Waals surface area contributed by atoms with E-state index in [0.717, 1.165) is 39.3 Å². The Morgan fingerprint density at radius 1 is 1.57 bits per heavy atom. The first-order valence-electron chi connectivity index (χ1n) is 4.67. The molecule has 0 N–H and O–H groups in total. The average Bonchev–Trinajstić information content (AvgIpc) is 2.76. The van der Waals surface area contributed by atoms with E-state index in [1.807, 2.05) is 9.86 Å². The van der Waals surface area contributed by atoms with E-state index in [0.29, 0.717) is 6.42 Å². The number of alkyl halides is 1. The quantitative estimate of drug-likeness (QED) is 0.629. The number of halogens is 1. The molecule has 1 saturated heterocycles. The van der Waals surface area contributed by atoms with Gasteiger partial charge in [0.1, 0.15) is 10.3 Å². The topological polar surface area (TPSA) is 17.8 Å². The summed E-state index contributed by atoms with van der Waals surface area (Å²) in [6.07, 6.45) is 1.83. The van der Waals surface area contributed by atoms with E-state index >= 15 is 0 Å². The molecule has 1 spiro atoms. The molecule has 1 atom stereocenters. The van der Waals surface area contributed by atoms with Gasteiger partial charge in [0.05, 0.1) is 5.69 Å². The van der Waals surface area contributed by atoms with E-state index < -0.39 is 6.17 Å². The van der Waals surface area contributed by atoms with Crippen LogP contribution in [0, 0.1) is 0 Å². The van der Waals surface area contributed by atoms with E-state index in [1.54, 1.807) is 23.5 Å². The third-order valence-electron chi connectivity index (χ3n) is 2.78. The summed E-state index contributed by atoms with van der Waals surface area (Å²) in [6, 6.07) is 0. The molecule has 0 aromatic carbocycles. The van der Waals surface area contributed by atoms with Gasteiger partial charge >= 0.3 is 16.5 Å². The van der Waals surface area contributed by atoms with Crippen LogP contribution in [0.3, 0.4) is 0 Å². The molecule has 1 aromatic rings. The van der Waals surface area contributed by atoms with Gasteiger partial charge in [-0.1, -0.05) is 0 Å². The lowest BCUT2D eigenvalue weighted by atomic mass is 10.2. The van der Waals surface area contributed by atoms with Crippen molar-refractivity contribution in [2.75, 3.05) is 11.5 Å². The molecule has 0 bridgehead atoms. The number of fused-ring (bicyclic) bond motifs is 2. The van der Waals surface area contributed by atoms with Crippen molar-refractivity contribution in [2.45, 2.75) is 16.7 Å². The van der Waals surface area contributed by atoms with E-state index in [1.165, 1.54) is 0 Å². The van der Waals surface area contributed by atoms with Crippen LogP contribution in [-0.4, -0.2) is 43.0 Å². The van der Waals surface area contributed by atoms with Crippen molar-refractivity contribution in [2.24, 2.45) is 0 Å². The van der Waals surface area contributed by atoms with E-state index in [-0.39, 0.29) is 4.08 Å². The number of rotatable bonds is 0. The Labute approximate surface area is 98.6 Å². The summed E-state index contributed by atoms with van der Waals surface area (Å²) in [5.74, 6) is 2.13. The molecule has 74 valence electrons. The molecule has 14 heavy (non-hydrogen) atoms. The van der Waals surface area contributed by atoms with Crippen LogP contribution in [0.15, 0.2) is 6.20 Å². The van der Waals surface area contributed by atoms with Crippen molar-refractivity contribution in [3.05, 3.63) is 17.5 Å². The second-order valence-corrected chi connectivity index (χ2v) is 7.56. The second-order valence-electron chi connectivity index (χ2n) is 3.70. The summed E-state index contributed by atoms with van der Waals surface area (Å²) in [5, 5.41) is 4.37. The largest absolute Gasteiger partial charge is 0.397 e. The van der Waals surface area contributed by atoms with Crippen LogP contribution in [-0.2, 0) is 10.5 Å². The van der Waals surface area contributed by atoms with Gasteiger partial charge in [-0.25, -0.2) is 9.49 Å². The van der Waals surface area contributed by atoms with Crippen LogP contribution in [0.4, 0.5) is 4.39 Å². The fraction of sp³-hybridized carbons (Fsp3) is 0.625. The number of hydrogen-bond acceptors (Lipinski definition) is 3. The molecule has 6 heteroatoms. The minimum Gasteiger partial charge on any atom is -0.374 e. The Kier molecular flexibility index (Phi) is 2.18. The maximum atomic E-state index is 14.0. The molecular weight excluding hydrogens is 234 g/mol. The van der Waals surface area contributed by atoms with Crippen molar-refractivity contribution < 1.29 is 4.39 Å². The normalized spacial score (nSPS) is 28.5. The van der Waals surface area contributed by atoms with Gasteiger partial charge in [0.15, 0.2) is 0 Å². The smallest absolute Gasteiger partial charge is 0.374 e. The molecule has 1 unspecified atom stereocenters. The number of hydrogen-bond donors (Lipinski definition) is 0. The molecule has 0 radical (unpaired) electrons. The third-order valence-corrected chi connectivity index (χ3v) is 6.83. The van der Waals surface area contributed by atoms with E-state index in [2.05, 4.69) is 5.10 Å². The highest BCUT2D eigenvalue weighted by Gasteiger charge is 2.52. The monoisotopic (exact) mass is 244 g/mol. The van der Waals surface area contributed by atoms with Gasteiger partial charge in [-0.05, 0) is 0 Å². The van der Waals surface area contributed by atoms with Crippen LogP contribution >= 0.6 is 23.5 Å². The molecule has 1 aromatic heterocycles. The SMILES string of the molecule is FC1Cc2n[n]([AlH2])cc2C12SCCS2. The van der Waals surface area contributed by atoms with Crippen LogP contribution < -0.4 is 0 Å². The van der Waals surface area contributed by atoms with Crippen molar-refractivity contribution in [3.8, 4) is 0 Å². The van der Waals surface area contributed by atoms with Gasteiger partial charge < -0.3 is 3.67 Å². The maximum absolute atomic E-state index is 14.0. The zero-order chi connectivity index (χ0) is 9.76. The fourth-order valence-corrected chi connectivity index (χ4v) is 6.00. The molecule has 0 amide bonds. The second kappa shape index (κ2) is 3.18. The summed E-state index contributed by atoms with van der Waals surface area (Å²) >= 11 is 4.43. The zero-order valence-corrected chi connectivity index (χ0v) is 11.5. The Bertz CT molecular complexity index is 375. The average molecular weight is 244 g/mol. The van der Waals surface area contributed by atoms with E-state index in [9.17, 15) is 4.39 Å². The first-order valence-corrected chi connectivity index (χ1v) is 7.54. The highest BCUT2D eigenvalue weighted by molar-refractivity contribution is 8.20. The summed E-state index contributed by atoms with van der Waals surface area (Å²) < 4.78 is 15.6. The summed E-state index contributed by atoms with van der Waals surface area (Å²) in [4.78, 5) is 0. The van der Waals surface area contributed by atoms with Crippen LogP contribution in [0.5, 0.6) is 0 Å². The van der Waals surface area contributed by atoms with Crippen molar-refractivity contribution in [1.29, 1.82) is 0 Å². The van der Waals surface area contributed by atoms with Crippen LogP contribution in [0.1, 0.15) is 11.3 Å². The van der Waals surface area contributed by atoms with Gasteiger partial charge in [-0.15, -0.1) is 23.5 Å². The lowest BCUT2D eigenvalue weighted by Crippen LogP contribution is -2.23. The fourth-order valence-electron chi connectivity index (χ4n) is 2.21. The van der Waals surface area contributed by atoms with Crippen molar-refractivity contribution in [1.82, 2.24) is 8.76 Å². The predicted octanol–water partition coefficient (Wildman–Crippen LogP) is 0.806. The molecule has 2 aliphatic rings. The standard InChI is InChI=1S/C8H8FN2S2.Al.2H/c9-7-3-6-5(4-10-11-6)8(7)12-1-2-13-8;;;/h4,7H,1-3H2;;;/q-1;+1;;. The summed E-state index contributed by atoms with van der Waals surface area (Å²) in [6.45, 7) is 0. The van der Waals surface area contributed by atoms with Gasteiger partial charge in [0, 0.05) is 29.7 Å². The third kappa shape index (κ3) is 1.15. The lowest BCUT2D eigenvalue weighted by molar-refractivity contribution is 0.327. The number of aromatic nitrogens is 2. The van der Waals surface area contributed by atoms with Gasteiger partial charge in [0.2, 0.25) is 0 Å². The maximum Gasteiger partial charge on any atom is 0.397 e. The Hall–Kier alpha value is 0.372. The summed E-state index contributed by atoms with van der Waals surface area (Å²) in [5.41, 5.74) is 2.15. The van der Waals surface area contributed by atoms with Crippen LogP contribution in [0.2, 0.25) is 0 Å². The first-order chi connectivity index (χ1) is 6.72. The van der Waals surface area contributed by atoms with E-state index in [4.69, 9.17) is 0 Å². The minimum atomic E-state index is -0.736. The molecule has 1 aliphatic heterocycles. The Morgan fingerprint density at radius 3 is 3.00 bits per heavy atom. The molecule has 2 nitrogen and oxygen atoms in total. The molecule has 1 aliphatic carbocycles. The van der Waals surface area contributed by atoms with Gasteiger partial charge in [-0.2, -0.15) is 0 Å². The Morgan fingerprint density at radius 2 is 2.29 bits per heavy atom. The molecule has 3 rings (SSSR count). The molecular formula is C8H10AlFN2S2. The summed E-state index contributed by atoms with van der Waals surface area (Å²) in [7, 11) is 0. The van der Waals surface area contributed by atoms with Crippen LogP contribution in [0.25, 0.3) is 0 Å². The Balaban J connectivity index is 2.12. The lowest BCUT2D eigenvalue weighted by Gasteiger charge is -2.24. The highest BCUT2D eigenvalue weighted by Crippen LogP contribution is 2.59. The number of thioether (sulfide) groups is 2. The van der Waals surface area contributed by atoms with Gasteiger partial charge in [0.25, 0.3) is 0 Å². The molecule has 0 saturated carbocycles. The van der Waals surface area contributed by atoms with Gasteiger partial charge in [-0.3, -0.25) is 0 Å². The molecule has 1 fully saturated rings. The molecule has 2 heterocycles. The number of nitrogens with zero attached hydrogens (tertiary/aromatic N) is 2. The predicted molar refractivity (Wildman–Crippen MR) is 61.4 cm³/mol. The first kappa shape index (κ1) is 9.59. The highest BCUT2D eigenvalue weighted by atomic mass is 32.2. The zero-order valence-electron chi connectivity index (χ0n) is 7.86. The van der Waals surface area contributed by atoms with Crippen molar-refractivity contribution >= 4 is 40.0 Å².